The summed E-state index contributed by atoms with van der Waals surface area (Å²) < 4.78 is 1.73. The van der Waals surface area contributed by atoms with Crippen molar-refractivity contribution < 1.29 is 5.11 Å². The lowest BCUT2D eigenvalue weighted by atomic mass is 10.1. The fraction of sp³-hybridized carbons (Fsp3) is 0.667. The number of nitrogens with one attached hydrogen (secondary N) is 2. The molecule has 0 bridgehead atoms. The molecule has 0 aromatic carbocycles. The van der Waals surface area contributed by atoms with E-state index < -0.39 is 0 Å². The van der Waals surface area contributed by atoms with Gasteiger partial charge < -0.3 is 15.7 Å². The van der Waals surface area contributed by atoms with E-state index in [0.29, 0.717) is 10.5 Å². The predicted molar refractivity (Wildman–Crippen MR) is 77.4 cm³/mol. The highest BCUT2D eigenvalue weighted by molar-refractivity contribution is 9.10. The maximum absolute atomic E-state index is 12.0. The van der Waals surface area contributed by atoms with Crippen LogP contribution in [0, 0.1) is 0 Å². The number of rotatable bonds is 4. The molecule has 0 spiro atoms. The summed E-state index contributed by atoms with van der Waals surface area (Å²) in [6.07, 6.45) is 4.88. The van der Waals surface area contributed by atoms with E-state index in [1.54, 1.807) is 6.20 Å². The molecule has 1 fully saturated rings. The van der Waals surface area contributed by atoms with Gasteiger partial charge in [0.2, 0.25) is 0 Å². The van der Waals surface area contributed by atoms with Crippen molar-refractivity contribution in [2.75, 3.05) is 25.0 Å². The van der Waals surface area contributed by atoms with E-state index >= 15 is 0 Å². The first kappa shape index (κ1) is 14.5. The van der Waals surface area contributed by atoms with Crippen LogP contribution in [0.2, 0.25) is 0 Å². The Morgan fingerprint density at radius 2 is 2.37 bits per heavy atom. The SMILES string of the molecule is O=c1c(Br)c(NC2CCCNCC2)cnn1CCO. The lowest BCUT2D eigenvalue weighted by molar-refractivity contribution is 0.266. The lowest BCUT2D eigenvalue weighted by Crippen LogP contribution is -2.28. The molecule has 0 saturated carbocycles. The van der Waals surface area contributed by atoms with Crippen molar-refractivity contribution in [3.05, 3.63) is 21.0 Å². The average Bonchev–Trinajstić information content (AvgIpc) is 2.67. The Morgan fingerprint density at radius 1 is 1.53 bits per heavy atom. The zero-order valence-electron chi connectivity index (χ0n) is 10.7. The van der Waals surface area contributed by atoms with Crippen LogP contribution in [0.1, 0.15) is 19.3 Å². The van der Waals surface area contributed by atoms with Crippen molar-refractivity contribution >= 4 is 21.6 Å². The fourth-order valence-electron chi connectivity index (χ4n) is 2.20. The number of anilines is 1. The lowest BCUT2D eigenvalue weighted by Gasteiger charge is -2.18. The minimum absolute atomic E-state index is 0.0968. The Balaban J connectivity index is 2.12. The number of halogens is 1. The third kappa shape index (κ3) is 3.77. The molecule has 1 unspecified atom stereocenters. The Kier molecular flexibility index (Phi) is 5.35. The second kappa shape index (κ2) is 7.02. The molecule has 0 radical (unpaired) electrons. The molecule has 1 atom stereocenters. The van der Waals surface area contributed by atoms with Gasteiger partial charge in [-0.2, -0.15) is 5.10 Å². The number of hydrogen-bond donors (Lipinski definition) is 3. The number of aliphatic hydroxyl groups excluding tert-OH is 1. The van der Waals surface area contributed by atoms with Crippen LogP contribution in [-0.2, 0) is 6.54 Å². The third-order valence-electron chi connectivity index (χ3n) is 3.23. The van der Waals surface area contributed by atoms with Crippen LogP contribution in [0.15, 0.2) is 15.5 Å². The summed E-state index contributed by atoms with van der Waals surface area (Å²) in [6, 6.07) is 0.362. The summed E-state index contributed by atoms with van der Waals surface area (Å²) in [5, 5.41) is 19.6. The number of nitrogens with zero attached hydrogens (tertiary/aromatic N) is 2. The Hall–Kier alpha value is -0.920. The van der Waals surface area contributed by atoms with E-state index in [9.17, 15) is 4.79 Å². The van der Waals surface area contributed by atoms with Crippen LogP contribution in [-0.4, -0.2) is 40.6 Å². The van der Waals surface area contributed by atoms with Crippen molar-refractivity contribution in [3.8, 4) is 0 Å². The summed E-state index contributed by atoms with van der Waals surface area (Å²) >= 11 is 3.31. The van der Waals surface area contributed by atoms with E-state index in [2.05, 4.69) is 31.7 Å². The number of aliphatic hydroxyl groups is 1. The van der Waals surface area contributed by atoms with Crippen LogP contribution >= 0.6 is 15.9 Å². The van der Waals surface area contributed by atoms with Crippen molar-refractivity contribution in [2.24, 2.45) is 0 Å². The number of aromatic nitrogens is 2. The first-order valence-electron chi connectivity index (χ1n) is 6.56. The Morgan fingerprint density at radius 3 is 3.16 bits per heavy atom. The van der Waals surface area contributed by atoms with Gasteiger partial charge in [0.05, 0.1) is 25.0 Å². The van der Waals surface area contributed by atoms with Gasteiger partial charge in [-0.05, 0) is 48.3 Å². The van der Waals surface area contributed by atoms with Crippen LogP contribution in [0.3, 0.4) is 0 Å². The standard InChI is InChI=1S/C12H19BrN4O2/c13-11-10(8-15-17(6-7-18)12(11)19)16-9-2-1-4-14-5-3-9/h8-9,14,16,18H,1-7H2. The molecule has 3 N–H and O–H groups in total. The van der Waals surface area contributed by atoms with Crippen LogP contribution in [0.4, 0.5) is 5.69 Å². The molecule has 106 valence electrons. The Bertz CT molecular complexity index is 469. The maximum atomic E-state index is 12.0. The van der Waals surface area contributed by atoms with E-state index in [1.165, 1.54) is 4.68 Å². The molecule has 1 aromatic heterocycles. The first-order valence-corrected chi connectivity index (χ1v) is 7.35. The van der Waals surface area contributed by atoms with Crippen LogP contribution in [0.25, 0.3) is 0 Å². The molecule has 6 nitrogen and oxygen atoms in total. The summed E-state index contributed by atoms with van der Waals surface area (Å²) in [5.74, 6) is 0. The average molecular weight is 331 g/mol. The fourth-order valence-corrected chi connectivity index (χ4v) is 2.62. The molecule has 1 aliphatic heterocycles. The van der Waals surface area contributed by atoms with Gasteiger partial charge in [-0.15, -0.1) is 0 Å². The van der Waals surface area contributed by atoms with Crippen LogP contribution < -0.4 is 16.2 Å². The van der Waals surface area contributed by atoms with Gasteiger partial charge in [-0.1, -0.05) is 0 Å². The third-order valence-corrected chi connectivity index (χ3v) is 4.00. The van der Waals surface area contributed by atoms with Crippen molar-refractivity contribution in [3.63, 3.8) is 0 Å². The van der Waals surface area contributed by atoms with E-state index in [-0.39, 0.29) is 18.7 Å². The van der Waals surface area contributed by atoms with Crippen molar-refractivity contribution in [1.82, 2.24) is 15.1 Å². The van der Waals surface area contributed by atoms with Gasteiger partial charge in [-0.25, -0.2) is 4.68 Å². The molecule has 1 saturated heterocycles. The quantitative estimate of drug-likeness (QED) is 0.751. The molecular formula is C12H19BrN4O2. The van der Waals surface area contributed by atoms with Gasteiger partial charge in [0.25, 0.3) is 5.56 Å². The molecule has 2 rings (SSSR count). The molecule has 1 aromatic rings. The largest absolute Gasteiger partial charge is 0.394 e. The van der Waals surface area contributed by atoms with E-state index in [0.717, 1.165) is 38.0 Å². The first-order chi connectivity index (χ1) is 9.22. The van der Waals surface area contributed by atoms with Crippen LogP contribution in [0.5, 0.6) is 0 Å². The van der Waals surface area contributed by atoms with Gasteiger partial charge in [0.1, 0.15) is 4.47 Å². The monoisotopic (exact) mass is 330 g/mol. The summed E-state index contributed by atoms with van der Waals surface area (Å²) in [6.45, 7) is 2.16. The van der Waals surface area contributed by atoms with Crippen molar-refractivity contribution in [1.29, 1.82) is 0 Å². The second-order valence-corrected chi connectivity index (χ2v) is 5.44. The zero-order chi connectivity index (χ0) is 13.7. The van der Waals surface area contributed by atoms with Gasteiger partial charge in [0, 0.05) is 6.04 Å². The van der Waals surface area contributed by atoms with Gasteiger partial charge in [-0.3, -0.25) is 4.79 Å². The smallest absolute Gasteiger partial charge is 0.283 e. The van der Waals surface area contributed by atoms with E-state index in [1.807, 2.05) is 0 Å². The Labute approximate surface area is 120 Å². The molecule has 19 heavy (non-hydrogen) atoms. The minimum Gasteiger partial charge on any atom is -0.394 e. The minimum atomic E-state index is -0.217. The molecule has 0 aliphatic carbocycles. The summed E-state index contributed by atoms with van der Waals surface area (Å²) in [4.78, 5) is 12.0. The molecule has 0 amide bonds. The topological polar surface area (TPSA) is 79.2 Å². The molecular weight excluding hydrogens is 312 g/mol. The highest BCUT2D eigenvalue weighted by Crippen LogP contribution is 2.19. The zero-order valence-corrected chi connectivity index (χ0v) is 12.3. The highest BCUT2D eigenvalue weighted by atomic mass is 79.9. The van der Waals surface area contributed by atoms with Gasteiger partial charge >= 0.3 is 0 Å². The van der Waals surface area contributed by atoms with E-state index in [4.69, 9.17) is 5.11 Å². The molecule has 1 aliphatic rings. The highest BCUT2D eigenvalue weighted by Gasteiger charge is 2.15. The summed E-state index contributed by atoms with van der Waals surface area (Å²) in [7, 11) is 0. The molecule has 2 heterocycles. The second-order valence-electron chi connectivity index (χ2n) is 4.65. The predicted octanol–water partition coefficient (Wildman–Crippen LogP) is 0.552. The van der Waals surface area contributed by atoms with Gasteiger partial charge in [0.15, 0.2) is 0 Å². The van der Waals surface area contributed by atoms with Crippen molar-refractivity contribution in [2.45, 2.75) is 31.8 Å². The molecule has 7 heteroatoms. The normalized spacial score (nSPS) is 20.0. The maximum Gasteiger partial charge on any atom is 0.283 e. The number of hydrogen-bond acceptors (Lipinski definition) is 5. The summed E-state index contributed by atoms with van der Waals surface area (Å²) in [5.41, 5.74) is 0.511.